The van der Waals surface area contributed by atoms with E-state index in [1.54, 1.807) is 6.08 Å². The lowest BCUT2D eigenvalue weighted by Gasteiger charge is -2.29. The van der Waals surface area contributed by atoms with Gasteiger partial charge >= 0.3 is 0 Å². The third-order valence-electron chi connectivity index (χ3n) is 11.5. The summed E-state index contributed by atoms with van der Waals surface area (Å²) in [6.45, 7) is 4.68. The highest BCUT2D eigenvalue weighted by atomic mass is 31.2. The van der Waals surface area contributed by atoms with Gasteiger partial charge in [0.1, 0.15) is 13.2 Å². The van der Waals surface area contributed by atoms with Crippen LogP contribution in [-0.4, -0.2) is 68.5 Å². The highest BCUT2D eigenvalue weighted by Crippen LogP contribution is 2.38. The molecule has 3 atom stereocenters. The molecule has 0 saturated carbocycles. The molecule has 2 N–H and O–H groups in total. The number of rotatable bonds is 46. The highest BCUT2D eigenvalue weighted by Gasteiger charge is 2.23. The molecule has 8 nitrogen and oxygen atoms in total. The van der Waals surface area contributed by atoms with Gasteiger partial charge in [-0.2, -0.15) is 0 Å². The number of aliphatic hydroxyl groups excluding tert-OH is 1. The first-order valence-electron chi connectivity index (χ1n) is 25.1. The van der Waals surface area contributed by atoms with Crippen molar-refractivity contribution in [2.24, 2.45) is 0 Å². The number of unbranched alkanes of at least 4 members (excludes halogenated alkanes) is 33. The van der Waals surface area contributed by atoms with Gasteiger partial charge in [-0.15, -0.1) is 0 Å². The zero-order valence-corrected chi connectivity index (χ0v) is 40.2. The molecule has 3 unspecified atom stereocenters. The third-order valence-corrected chi connectivity index (χ3v) is 12.5. The van der Waals surface area contributed by atoms with Crippen molar-refractivity contribution < 1.29 is 32.9 Å². The molecule has 9 heteroatoms. The summed E-state index contributed by atoms with van der Waals surface area (Å²) < 4.78 is 23.3. The van der Waals surface area contributed by atoms with Crippen molar-refractivity contribution in [1.29, 1.82) is 0 Å². The van der Waals surface area contributed by atoms with Gasteiger partial charge < -0.3 is 28.8 Å². The predicted molar refractivity (Wildman–Crippen MR) is 247 cm³/mol. The topological polar surface area (TPSA) is 108 Å². The van der Waals surface area contributed by atoms with Gasteiger partial charge in [0, 0.05) is 6.42 Å². The van der Waals surface area contributed by atoms with E-state index >= 15 is 0 Å². The van der Waals surface area contributed by atoms with E-state index in [0.717, 1.165) is 38.5 Å². The van der Waals surface area contributed by atoms with Gasteiger partial charge in [0.15, 0.2) is 0 Å². The van der Waals surface area contributed by atoms with Crippen molar-refractivity contribution in [2.75, 3.05) is 40.9 Å². The largest absolute Gasteiger partial charge is 0.756 e. The van der Waals surface area contributed by atoms with Crippen molar-refractivity contribution in [1.82, 2.24) is 5.32 Å². The smallest absolute Gasteiger partial charge is 0.268 e. The first-order valence-corrected chi connectivity index (χ1v) is 26.5. The van der Waals surface area contributed by atoms with Crippen LogP contribution in [0.3, 0.4) is 0 Å². The number of allylic oxidation sites excluding steroid dienone is 1. The molecule has 0 aromatic carbocycles. The minimum absolute atomic E-state index is 0.00241. The zero-order chi connectivity index (χ0) is 42.8. The van der Waals surface area contributed by atoms with Gasteiger partial charge in [0.05, 0.1) is 39.9 Å². The Morgan fingerprint density at radius 2 is 0.931 bits per heavy atom. The number of nitrogens with zero attached hydrogens (tertiary/aromatic N) is 1. The second-order valence-corrected chi connectivity index (χ2v) is 19.9. The van der Waals surface area contributed by atoms with E-state index in [2.05, 4.69) is 19.2 Å². The molecular weight excluding hydrogens is 744 g/mol. The fourth-order valence-electron chi connectivity index (χ4n) is 7.51. The fraction of sp³-hybridized carbons (Fsp3) is 0.939. The third kappa shape index (κ3) is 43.3. The Morgan fingerprint density at radius 1 is 0.586 bits per heavy atom. The van der Waals surface area contributed by atoms with Gasteiger partial charge in [-0.1, -0.05) is 231 Å². The first-order chi connectivity index (χ1) is 28.0. The molecule has 0 aliphatic rings. The van der Waals surface area contributed by atoms with Crippen LogP contribution in [0.1, 0.15) is 245 Å². The molecular formula is C49H99N2O6P. The SMILES string of the molecule is CCCCCCCCCCCCCCCCCCC/C=C/C(O)C(COP(=O)([O-])OCC[N+](C)(C)C)NC(=O)CCCCCCCCCCCCCCCCCCC. The van der Waals surface area contributed by atoms with Crippen LogP contribution in [0.2, 0.25) is 0 Å². The quantitative estimate of drug-likeness (QED) is 0.0273. The lowest BCUT2D eigenvalue weighted by atomic mass is 10.0. The maximum Gasteiger partial charge on any atom is 0.268 e. The minimum atomic E-state index is -4.59. The van der Waals surface area contributed by atoms with Crippen LogP contribution >= 0.6 is 7.82 Å². The van der Waals surface area contributed by atoms with Crippen molar-refractivity contribution in [3.05, 3.63) is 12.2 Å². The van der Waals surface area contributed by atoms with Gasteiger partial charge in [0.2, 0.25) is 5.91 Å². The molecule has 0 saturated heterocycles. The summed E-state index contributed by atoms with van der Waals surface area (Å²) in [7, 11) is 1.27. The molecule has 0 heterocycles. The molecule has 1 amide bonds. The maximum atomic E-state index is 12.9. The molecule has 346 valence electrons. The van der Waals surface area contributed by atoms with Gasteiger partial charge in [-0.05, 0) is 19.3 Å². The van der Waals surface area contributed by atoms with Crippen LogP contribution in [0.4, 0.5) is 0 Å². The summed E-state index contributed by atoms with van der Waals surface area (Å²) in [6, 6.07) is -0.880. The number of likely N-dealkylation sites (N-methyl/N-ethyl adjacent to an activating group) is 1. The van der Waals surface area contributed by atoms with Crippen LogP contribution in [0.15, 0.2) is 12.2 Å². The number of carbonyl (C=O) groups is 1. The maximum absolute atomic E-state index is 12.9. The summed E-state index contributed by atoms with van der Waals surface area (Å²) in [5.41, 5.74) is 0. The number of hydrogen-bond acceptors (Lipinski definition) is 6. The average molecular weight is 843 g/mol. The van der Waals surface area contributed by atoms with E-state index in [1.807, 2.05) is 27.2 Å². The molecule has 0 radical (unpaired) electrons. The summed E-state index contributed by atoms with van der Waals surface area (Å²) in [6.07, 6.45) is 48.3. The fourth-order valence-corrected chi connectivity index (χ4v) is 8.23. The summed E-state index contributed by atoms with van der Waals surface area (Å²) in [5, 5.41) is 13.8. The number of amides is 1. The van der Waals surface area contributed by atoms with E-state index in [4.69, 9.17) is 9.05 Å². The Hall–Kier alpha value is -0.760. The highest BCUT2D eigenvalue weighted by molar-refractivity contribution is 7.45. The van der Waals surface area contributed by atoms with Crippen LogP contribution < -0.4 is 10.2 Å². The molecule has 0 aliphatic carbocycles. The van der Waals surface area contributed by atoms with Gasteiger partial charge in [-0.3, -0.25) is 9.36 Å². The molecule has 0 aromatic rings. The van der Waals surface area contributed by atoms with Crippen molar-refractivity contribution in [3.8, 4) is 0 Å². The molecule has 0 aromatic heterocycles. The van der Waals surface area contributed by atoms with Gasteiger partial charge in [0.25, 0.3) is 7.82 Å². The Kier molecular flexibility index (Phi) is 41.0. The standard InChI is InChI=1S/C49H99N2O6P/c1-6-8-10-12-14-16-18-20-22-24-25-27-28-30-32-34-36-38-40-42-48(52)47(46-57-58(54,55)56-45-44-51(3,4)5)50-49(53)43-41-39-37-35-33-31-29-26-23-21-19-17-15-13-11-9-7-2/h40,42,47-48,52H,6-39,41,43-46H2,1-5H3,(H-,50,53,54,55)/b42-40+. The summed E-state index contributed by atoms with van der Waals surface area (Å²) in [5.74, 6) is -0.193. The van der Waals surface area contributed by atoms with E-state index in [0.29, 0.717) is 17.4 Å². The van der Waals surface area contributed by atoms with E-state index in [-0.39, 0.29) is 19.1 Å². The monoisotopic (exact) mass is 843 g/mol. The zero-order valence-electron chi connectivity index (χ0n) is 39.3. The lowest BCUT2D eigenvalue weighted by molar-refractivity contribution is -0.870. The Labute approximate surface area is 361 Å². The lowest BCUT2D eigenvalue weighted by Crippen LogP contribution is -2.45. The number of carbonyl (C=O) groups excluding carboxylic acids is 1. The van der Waals surface area contributed by atoms with E-state index in [9.17, 15) is 19.4 Å². The normalized spacial score (nSPS) is 14.3. The number of aliphatic hydroxyl groups is 1. The molecule has 0 spiro atoms. The van der Waals surface area contributed by atoms with Crippen LogP contribution in [-0.2, 0) is 18.4 Å². The van der Waals surface area contributed by atoms with Crippen molar-refractivity contribution in [2.45, 2.75) is 257 Å². The van der Waals surface area contributed by atoms with Crippen LogP contribution in [0.25, 0.3) is 0 Å². The summed E-state index contributed by atoms with van der Waals surface area (Å²) in [4.78, 5) is 25.4. The minimum Gasteiger partial charge on any atom is -0.756 e. The van der Waals surface area contributed by atoms with Crippen LogP contribution in [0, 0.1) is 0 Å². The Balaban J connectivity index is 4.31. The molecule has 58 heavy (non-hydrogen) atoms. The number of nitrogens with one attached hydrogen (secondary N) is 1. The molecule has 0 aliphatic heterocycles. The Bertz CT molecular complexity index is 958. The summed E-state index contributed by atoms with van der Waals surface area (Å²) >= 11 is 0. The van der Waals surface area contributed by atoms with E-state index in [1.165, 1.54) is 186 Å². The van der Waals surface area contributed by atoms with Crippen LogP contribution in [0.5, 0.6) is 0 Å². The van der Waals surface area contributed by atoms with E-state index < -0.39 is 20.0 Å². The predicted octanol–water partition coefficient (Wildman–Crippen LogP) is 13.7. The van der Waals surface area contributed by atoms with Crippen molar-refractivity contribution in [3.63, 3.8) is 0 Å². The number of quaternary nitrogens is 1. The molecule has 0 fully saturated rings. The van der Waals surface area contributed by atoms with Gasteiger partial charge in [-0.25, -0.2) is 0 Å². The second kappa shape index (κ2) is 41.6. The first kappa shape index (κ1) is 57.2. The average Bonchev–Trinajstić information content (AvgIpc) is 3.17. The van der Waals surface area contributed by atoms with Crippen molar-refractivity contribution >= 4 is 13.7 Å². The Morgan fingerprint density at radius 3 is 1.29 bits per heavy atom. The number of phosphoric acid groups is 1. The number of phosphoric ester groups is 1. The number of hydrogen-bond donors (Lipinski definition) is 2. The molecule has 0 bridgehead atoms. The second-order valence-electron chi connectivity index (χ2n) is 18.5. The molecule has 0 rings (SSSR count).